The molecule has 1 fully saturated rings. The number of thiophene rings is 1. The van der Waals surface area contributed by atoms with Crippen LogP contribution in [-0.4, -0.2) is 31.9 Å². The molecule has 0 unspecified atom stereocenters. The summed E-state index contributed by atoms with van der Waals surface area (Å²) in [6, 6.07) is 13.1. The topological polar surface area (TPSA) is 104 Å². The van der Waals surface area contributed by atoms with E-state index in [9.17, 15) is 23.1 Å². The van der Waals surface area contributed by atoms with Gasteiger partial charge in [0.2, 0.25) is 21.8 Å². The zero-order valence-electron chi connectivity index (χ0n) is 15.2. The molecular formula is C20H18N2O5S2. The smallest absolute Gasteiger partial charge is 0.240 e. The number of aliphatic hydroxyl groups is 1. The number of carbonyl (C=O) groups excluding carboxylic acids is 2. The van der Waals surface area contributed by atoms with E-state index < -0.39 is 16.1 Å². The van der Waals surface area contributed by atoms with E-state index in [0.29, 0.717) is 11.3 Å². The number of nitrogens with one attached hydrogen (secondary N) is 1. The summed E-state index contributed by atoms with van der Waals surface area (Å²) >= 11 is 1.49. The van der Waals surface area contributed by atoms with Crippen molar-refractivity contribution in [2.45, 2.75) is 23.8 Å². The Bertz CT molecular complexity index is 1170. The van der Waals surface area contributed by atoms with E-state index in [2.05, 4.69) is 4.72 Å². The van der Waals surface area contributed by atoms with Crippen LogP contribution in [0, 0.1) is 0 Å². The van der Waals surface area contributed by atoms with Crippen molar-refractivity contribution >= 4 is 48.9 Å². The summed E-state index contributed by atoms with van der Waals surface area (Å²) in [6.07, 6.45) is -0.661. The van der Waals surface area contributed by atoms with Crippen molar-refractivity contribution < 1.29 is 23.1 Å². The lowest BCUT2D eigenvalue weighted by Gasteiger charge is -2.15. The van der Waals surface area contributed by atoms with Crippen LogP contribution in [0.4, 0.5) is 5.69 Å². The summed E-state index contributed by atoms with van der Waals surface area (Å²) in [5.74, 6) is -0.593. The van der Waals surface area contributed by atoms with Crippen molar-refractivity contribution in [3.63, 3.8) is 0 Å². The zero-order chi connectivity index (χ0) is 20.6. The third-order valence-electron chi connectivity index (χ3n) is 4.79. The number of aliphatic hydroxyl groups excluding tert-OH is 1. The van der Waals surface area contributed by atoms with Crippen molar-refractivity contribution in [1.29, 1.82) is 0 Å². The highest BCUT2D eigenvalue weighted by Gasteiger charge is 2.30. The highest BCUT2D eigenvalue weighted by molar-refractivity contribution is 7.89. The molecule has 29 heavy (non-hydrogen) atoms. The van der Waals surface area contributed by atoms with Crippen molar-refractivity contribution in [2.75, 3.05) is 11.4 Å². The molecule has 1 aromatic heterocycles. The van der Waals surface area contributed by atoms with Gasteiger partial charge in [-0.3, -0.25) is 14.5 Å². The van der Waals surface area contributed by atoms with Crippen LogP contribution in [0.1, 0.15) is 24.5 Å². The molecule has 0 bridgehead atoms. The van der Waals surface area contributed by atoms with Crippen LogP contribution < -0.4 is 9.62 Å². The number of hydrogen-bond donors (Lipinski definition) is 2. The number of rotatable bonds is 6. The fourth-order valence-corrected chi connectivity index (χ4v) is 5.32. The highest BCUT2D eigenvalue weighted by Crippen LogP contribution is 2.30. The molecule has 2 aromatic carbocycles. The van der Waals surface area contributed by atoms with Gasteiger partial charge in [-0.05, 0) is 41.1 Å². The molecule has 0 radical (unpaired) electrons. The third kappa shape index (κ3) is 3.82. The van der Waals surface area contributed by atoms with Gasteiger partial charge in [0.1, 0.15) is 0 Å². The van der Waals surface area contributed by atoms with E-state index in [1.54, 1.807) is 0 Å². The molecule has 1 aliphatic rings. The molecule has 2 heterocycles. The number of hydrogen-bond acceptors (Lipinski definition) is 6. The van der Waals surface area contributed by atoms with Gasteiger partial charge in [0.25, 0.3) is 0 Å². The Morgan fingerprint density at radius 2 is 1.69 bits per heavy atom. The lowest BCUT2D eigenvalue weighted by Crippen LogP contribution is -2.29. The minimum atomic E-state index is -3.86. The summed E-state index contributed by atoms with van der Waals surface area (Å²) in [5, 5.41) is 13.2. The van der Waals surface area contributed by atoms with Gasteiger partial charge in [-0.15, -0.1) is 11.3 Å². The van der Waals surface area contributed by atoms with Gasteiger partial charge in [0.05, 0.1) is 16.7 Å². The molecule has 2 N–H and O–H groups in total. The quantitative estimate of drug-likeness (QED) is 0.585. The van der Waals surface area contributed by atoms with Gasteiger partial charge in [-0.25, -0.2) is 13.1 Å². The van der Waals surface area contributed by atoms with Gasteiger partial charge in [-0.2, -0.15) is 0 Å². The second kappa shape index (κ2) is 7.68. The molecule has 3 aromatic rings. The molecule has 1 aliphatic heterocycles. The average molecular weight is 431 g/mol. The number of carbonyl (C=O) groups is 2. The highest BCUT2D eigenvalue weighted by atomic mass is 32.2. The molecule has 0 aliphatic carbocycles. The molecule has 150 valence electrons. The minimum Gasteiger partial charge on any atom is -0.387 e. The maximum Gasteiger partial charge on any atom is 0.240 e. The summed E-state index contributed by atoms with van der Waals surface area (Å²) in [6.45, 7) is -0.173. The van der Waals surface area contributed by atoms with E-state index in [0.717, 1.165) is 15.0 Å². The first-order valence-electron chi connectivity index (χ1n) is 8.96. The summed E-state index contributed by atoms with van der Waals surface area (Å²) in [5.41, 5.74) is 1.02. The molecule has 7 nitrogen and oxygen atoms in total. The van der Waals surface area contributed by atoms with Gasteiger partial charge >= 0.3 is 0 Å². The Hall–Kier alpha value is -2.59. The van der Waals surface area contributed by atoms with Crippen molar-refractivity contribution in [3.8, 4) is 0 Å². The third-order valence-corrected chi connectivity index (χ3v) is 7.21. The maximum absolute atomic E-state index is 12.6. The average Bonchev–Trinajstić information content (AvgIpc) is 3.29. The van der Waals surface area contributed by atoms with Crippen LogP contribution in [0.25, 0.3) is 10.1 Å². The number of sulfonamides is 1. The number of benzene rings is 2. The van der Waals surface area contributed by atoms with E-state index >= 15 is 0 Å². The predicted molar refractivity (Wildman–Crippen MR) is 110 cm³/mol. The van der Waals surface area contributed by atoms with E-state index in [-0.39, 0.29) is 36.1 Å². The van der Waals surface area contributed by atoms with Crippen LogP contribution in [0.3, 0.4) is 0 Å². The Morgan fingerprint density at radius 3 is 2.38 bits per heavy atom. The SMILES string of the molecule is O=C1CCC(=O)N1c1ccc(S(=O)(=O)NC[C@H](O)c2csc3ccccc23)cc1. The molecule has 1 atom stereocenters. The first kappa shape index (κ1) is 19.7. The van der Waals surface area contributed by atoms with E-state index in [1.807, 2.05) is 29.6 Å². The fourth-order valence-electron chi connectivity index (χ4n) is 3.28. The second-order valence-corrected chi connectivity index (χ2v) is 9.35. The van der Waals surface area contributed by atoms with Crippen molar-refractivity contribution in [2.24, 2.45) is 0 Å². The molecule has 0 spiro atoms. The van der Waals surface area contributed by atoms with E-state index in [4.69, 9.17) is 0 Å². The van der Waals surface area contributed by atoms with Gasteiger partial charge in [-0.1, -0.05) is 18.2 Å². The van der Waals surface area contributed by atoms with Crippen LogP contribution in [-0.2, 0) is 19.6 Å². The van der Waals surface area contributed by atoms with Crippen LogP contribution in [0.15, 0.2) is 58.8 Å². The Labute approximate surface area is 171 Å². The molecule has 1 saturated heterocycles. The van der Waals surface area contributed by atoms with E-state index in [1.165, 1.54) is 35.6 Å². The fraction of sp³-hybridized carbons (Fsp3) is 0.200. The van der Waals surface area contributed by atoms with Gasteiger partial charge < -0.3 is 5.11 Å². The second-order valence-electron chi connectivity index (χ2n) is 6.67. The number of amides is 2. The lowest BCUT2D eigenvalue weighted by molar-refractivity contribution is -0.121. The van der Waals surface area contributed by atoms with Crippen LogP contribution in [0.5, 0.6) is 0 Å². The first-order chi connectivity index (χ1) is 13.9. The summed E-state index contributed by atoms with van der Waals surface area (Å²) in [4.78, 5) is 24.6. The van der Waals surface area contributed by atoms with Gasteiger partial charge in [0.15, 0.2) is 0 Å². The Morgan fingerprint density at radius 1 is 1.03 bits per heavy atom. The number of anilines is 1. The Kier molecular flexibility index (Phi) is 5.22. The van der Waals surface area contributed by atoms with Crippen LogP contribution in [0.2, 0.25) is 0 Å². The predicted octanol–water partition coefficient (Wildman–Crippen LogP) is 2.57. The minimum absolute atomic E-state index is 0.0114. The van der Waals surface area contributed by atoms with Crippen molar-refractivity contribution in [3.05, 3.63) is 59.5 Å². The van der Waals surface area contributed by atoms with Crippen LogP contribution >= 0.6 is 11.3 Å². The largest absolute Gasteiger partial charge is 0.387 e. The first-order valence-corrected chi connectivity index (χ1v) is 11.3. The standard InChI is InChI=1S/C20H18N2O5S2/c23-17(16-12-28-18-4-2-1-3-15(16)18)11-21-29(26,27)14-7-5-13(6-8-14)22-19(24)9-10-20(22)25/h1-8,12,17,21,23H,9-11H2/t17-/m0/s1. The maximum atomic E-state index is 12.6. The lowest BCUT2D eigenvalue weighted by atomic mass is 10.1. The summed E-state index contributed by atoms with van der Waals surface area (Å²) < 4.78 is 28.6. The van der Waals surface area contributed by atoms with Crippen molar-refractivity contribution in [1.82, 2.24) is 4.72 Å². The Balaban J connectivity index is 1.47. The monoisotopic (exact) mass is 430 g/mol. The molecule has 2 amide bonds. The van der Waals surface area contributed by atoms with Gasteiger partial charge in [0, 0.05) is 29.6 Å². The zero-order valence-corrected chi connectivity index (χ0v) is 16.9. The molecule has 0 saturated carbocycles. The number of fused-ring (bicyclic) bond motifs is 1. The molecule has 9 heteroatoms. The molecular weight excluding hydrogens is 412 g/mol. The number of imide groups is 1. The number of nitrogens with zero attached hydrogens (tertiary/aromatic N) is 1. The molecule has 4 rings (SSSR count). The summed E-state index contributed by atoms with van der Waals surface area (Å²) in [7, 11) is -3.86. The normalized spacial score (nSPS) is 16.0.